The van der Waals surface area contributed by atoms with Crippen molar-refractivity contribution in [3.05, 3.63) is 29.3 Å². The van der Waals surface area contributed by atoms with E-state index in [0.717, 1.165) is 18.8 Å². The Bertz CT molecular complexity index is 411. The number of amides is 1. The number of halogens is 1. The second-order valence-corrected chi connectivity index (χ2v) is 5.33. The Morgan fingerprint density at radius 3 is 2.67 bits per heavy atom. The first kappa shape index (κ1) is 13.3. The monoisotopic (exact) mass is 267 g/mol. The van der Waals surface area contributed by atoms with E-state index >= 15 is 0 Å². The average Bonchev–Trinajstić information content (AvgIpc) is 2.61. The van der Waals surface area contributed by atoms with Gasteiger partial charge in [-0.3, -0.25) is 9.69 Å². The molecule has 0 aromatic heterocycles. The molecule has 1 amide bonds. The molecule has 4 nitrogen and oxygen atoms in total. The van der Waals surface area contributed by atoms with Crippen LogP contribution < -0.4 is 11.1 Å². The molecule has 18 heavy (non-hydrogen) atoms. The van der Waals surface area contributed by atoms with Crippen LogP contribution in [0.1, 0.15) is 6.92 Å². The molecule has 1 aromatic rings. The van der Waals surface area contributed by atoms with Crippen LogP contribution in [0.4, 0.5) is 5.69 Å². The van der Waals surface area contributed by atoms with Crippen LogP contribution in [0.15, 0.2) is 24.3 Å². The van der Waals surface area contributed by atoms with Crippen molar-refractivity contribution in [1.29, 1.82) is 0 Å². The van der Waals surface area contributed by atoms with Crippen LogP contribution in [-0.4, -0.2) is 36.5 Å². The quantitative estimate of drug-likeness (QED) is 0.874. The molecule has 0 aliphatic carbocycles. The molecule has 1 fully saturated rings. The summed E-state index contributed by atoms with van der Waals surface area (Å²) in [4.78, 5) is 13.9. The first-order valence-electron chi connectivity index (χ1n) is 6.08. The number of likely N-dealkylation sites (tertiary alicyclic amines) is 1. The molecular weight excluding hydrogens is 250 g/mol. The van der Waals surface area contributed by atoms with Crippen LogP contribution in [0.5, 0.6) is 0 Å². The molecule has 2 unspecified atom stereocenters. The summed E-state index contributed by atoms with van der Waals surface area (Å²) < 4.78 is 0. The smallest absolute Gasteiger partial charge is 0.238 e. The number of nitrogens with one attached hydrogen (secondary N) is 1. The van der Waals surface area contributed by atoms with Gasteiger partial charge in [0.05, 0.1) is 6.54 Å². The van der Waals surface area contributed by atoms with Crippen LogP contribution in [0.2, 0.25) is 5.02 Å². The van der Waals surface area contributed by atoms with Crippen molar-refractivity contribution in [3.8, 4) is 0 Å². The zero-order valence-corrected chi connectivity index (χ0v) is 11.2. The van der Waals surface area contributed by atoms with E-state index in [-0.39, 0.29) is 11.9 Å². The Kier molecular flexibility index (Phi) is 4.22. The van der Waals surface area contributed by atoms with Gasteiger partial charge in [0.25, 0.3) is 0 Å². The molecule has 5 heteroatoms. The van der Waals surface area contributed by atoms with E-state index in [1.807, 2.05) is 0 Å². The number of nitrogens with two attached hydrogens (primary N) is 1. The van der Waals surface area contributed by atoms with Crippen molar-refractivity contribution >= 4 is 23.2 Å². The lowest BCUT2D eigenvalue weighted by Crippen LogP contribution is -2.33. The van der Waals surface area contributed by atoms with Crippen molar-refractivity contribution < 1.29 is 4.79 Å². The summed E-state index contributed by atoms with van der Waals surface area (Å²) in [6.07, 6.45) is 0. The first-order valence-corrected chi connectivity index (χ1v) is 6.46. The number of carbonyl (C=O) groups excluding carboxylic acids is 1. The topological polar surface area (TPSA) is 58.4 Å². The SMILES string of the molecule is CC1CN(CC(=O)Nc2ccc(Cl)cc2)CC1N. The fraction of sp³-hybridized carbons (Fsp3) is 0.462. The maximum atomic E-state index is 11.8. The summed E-state index contributed by atoms with van der Waals surface area (Å²) in [6.45, 7) is 4.17. The summed E-state index contributed by atoms with van der Waals surface area (Å²) >= 11 is 5.78. The van der Waals surface area contributed by atoms with E-state index in [4.69, 9.17) is 17.3 Å². The Morgan fingerprint density at radius 2 is 2.11 bits per heavy atom. The highest BCUT2D eigenvalue weighted by Crippen LogP contribution is 2.15. The predicted octanol–water partition coefficient (Wildman–Crippen LogP) is 1.56. The van der Waals surface area contributed by atoms with Gasteiger partial charge < -0.3 is 11.1 Å². The lowest BCUT2D eigenvalue weighted by molar-refractivity contribution is -0.117. The molecule has 0 bridgehead atoms. The summed E-state index contributed by atoms with van der Waals surface area (Å²) in [7, 11) is 0. The third-order valence-corrected chi connectivity index (χ3v) is 3.49. The van der Waals surface area contributed by atoms with Crippen LogP contribution in [0.25, 0.3) is 0 Å². The first-order chi connectivity index (χ1) is 8.54. The van der Waals surface area contributed by atoms with Crippen molar-refractivity contribution in [2.45, 2.75) is 13.0 Å². The van der Waals surface area contributed by atoms with Crippen LogP contribution in [0.3, 0.4) is 0 Å². The summed E-state index contributed by atoms with van der Waals surface area (Å²) in [6, 6.07) is 7.26. The highest BCUT2D eigenvalue weighted by molar-refractivity contribution is 6.30. The van der Waals surface area contributed by atoms with E-state index in [1.54, 1.807) is 24.3 Å². The average molecular weight is 268 g/mol. The molecule has 0 radical (unpaired) electrons. The molecule has 0 spiro atoms. The van der Waals surface area contributed by atoms with Crippen molar-refractivity contribution in [1.82, 2.24) is 4.90 Å². The number of hydrogen-bond acceptors (Lipinski definition) is 3. The van der Waals surface area contributed by atoms with E-state index in [2.05, 4.69) is 17.1 Å². The van der Waals surface area contributed by atoms with E-state index < -0.39 is 0 Å². The van der Waals surface area contributed by atoms with Gasteiger partial charge in [0, 0.05) is 29.8 Å². The molecule has 98 valence electrons. The Labute approximate surface area is 112 Å². The minimum atomic E-state index is -0.0152. The van der Waals surface area contributed by atoms with Crippen molar-refractivity contribution in [3.63, 3.8) is 0 Å². The van der Waals surface area contributed by atoms with Crippen molar-refractivity contribution in [2.24, 2.45) is 11.7 Å². The highest BCUT2D eigenvalue weighted by atomic mass is 35.5. The minimum absolute atomic E-state index is 0.0152. The normalized spacial score (nSPS) is 24.2. The fourth-order valence-electron chi connectivity index (χ4n) is 2.16. The molecule has 1 heterocycles. The number of hydrogen-bond donors (Lipinski definition) is 2. The molecule has 1 aliphatic rings. The second kappa shape index (κ2) is 5.69. The summed E-state index contributed by atoms with van der Waals surface area (Å²) in [5.74, 6) is 0.437. The van der Waals surface area contributed by atoms with Crippen molar-refractivity contribution in [2.75, 3.05) is 25.0 Å². The zero-order valence-electron chi connectivity index (χ0n) is 10.4. The number of carbonyl (C=O) groups is 1. The van der Waals surface area contributed by atoms with Gasteiger partial charge in [0.2, 0.25) is 5.91 Å². The van der Waals surface area contributed by atoms with Gasteiger partial charge in [-0.05, 0) is 30.2 Å². The fourth-order valence-corrected chi connectivity index (χ4v) is 2.29. The lowest BCUT2D eigenvalue weighted by Gasteiger charge is -2.14. The predicted molar refractivity (Wildman–Crippen MR) is 73.7 cm³/mol. The van der Waals surface area contributed by atoms with Gasteiger partial charge >= 0.3 is 0 Å². The minimum Gasteiger partial charge on any atom is -0.326 e. The molecule has 2 atom stereocenters. The maximum Gasteiger partial charge on any atom is 0.238 e. The third-order valence-electron chi connectivity index (χ3n) is 3.24. The molecular formula is C13H18ClN3O. The number of anilines is 1. The van der Waals surface area contributed by atoms with E-state index in [0.29, 0.717) is 17.5 Å². The molecule has 2 rings (SSSR count). The molecule has 0 saturated carbocycles. The summed E-state index contributed by atoms with van der Waals surface area (Å²) in [5, 5.41) is 3.51. The standard InChI is InChI=1S/C13H18ClN3O/c1-9-6-17(7-12(9)15)8-13(18)16-11-4-2-10(14)3-5-11/h2-5,9,12H,6-8,15H2,1H3,(H,16,18). The molecule has 1 aromatic carbocycles. The van der Waals surface area contributed by atoms with Gasteiger partial charge in [-0.2, -0.15) is 0 Å². The Balaban J connectivity index is 1.84. The van der Waals surface area contributed by atoms with Crippen LogP contribution in [-0.2, 0) is 4.79 Å². The third kappa shape index (κ3) is 3.45. The van der Waals surface area contributed by atoms with Gasteiger partial charge in [-0.25, -0.2) is 0 Å². The maximum absolute atomic E-state index is 11.8. The van der Waals surface area contributed by atoms with E-state index in [1.165, 1.54) is 0 Å². The van der Waals surface area contributed by atoms with Gasteiger partial charge in [0.1, 0.15) is 0 Å². The lowest BCUT2D eigenvalue weighted by atomic mass is 10.1. The summed E-state index contributed by atoms with van der Waals surface area (Å²) in [5.41, 5.74) is 6.69. The van der Waals surface area contributed by atoms with E-state index in [9.17, 15) is 4.79 Å². The number of rotatable bonds is 3. The Hall–Kier alpha value is -1.10. The number of benzene rings is 1. The second-order valence-electron chi connectivity index (χ2n) is 4.89. The van der Waals surface area contributed by atoms with Crippen LogP contribution >= 0.6 is 11.6 Å². The van der Waals surface area contributed by atoms with Gasteiger partial charge in [0.15, 0.2) is 0 Å². The number of nitrogens with zero attached hydrogens (tertiary/aromatic N) is 1. The van der Waals surface area contributed by atoms with Gasteiger partial charge in [-0.1, -0.05) is 18.5 Å². The zero-order chi connectivity index (χ0) is 13.1. The van der Waals surface area contributed by atoms with Gasteiger partial charge in [-0.15, -0.1) is 0 Å². The largest absolute Gasteiger partial charge is 0.326 e. The molecule has 3 N–H and O–H groups in total. The van der Waals surface area contributed by atoms with Crippen LogP contribution in [0, 0.1) is 5.92 Å². The molecule has 1 aliphatic heterocycles. The molecule has 1 saturated heterocycles. The highest BCUT2D eigenvalue weighted by Gasteiger charge is 2.27. The Morgan fingerprint density at radius 1 is 1.44 bits per heavy atom.